The van der Waals surface area contributed by atoms with Gasteiger partial charge in [0, 0.05) is 18.3 Å². The molecule has 1 heterocycles. The summed E-state index contributed by atoms with van der Waals surface area (Å²) < 4.78 is 26.0. The van der Waals surface area contributed by atoms with E-state index in [1.54, 1.807) is 0 Å². The molecule has 3 nitrogen and oxygen atoms in total. The first-order valence-electron chi connectivity index (χ1n) is 5.24. The van der Waals surface area contributed by atoms with Crippen LogP contribution in [0.15, 0.2) is 12.1 Å². The fourth-order valence-electron chi connectivity index (χ4n) is 1.75. The van der Waals surface area contributed by atoms with Crippen molar-refractivity contribution >= 4 is 23.2 Å². The number of nitrogens with one attached hydrogen (secondary N) is 2. The Morgan fingerprint density at radius 2 is 2.24 bits per heavy atom. The smallest absolute Gasteiger partial charge is 0.228 e. The summed E-state index contributed by atoms with van der Waals surface area (Å²) in [5.74, 6) is -2.52. The fraction of sp³-hybridized carbons (Fsp3) is 0.364. The minimum atomic E-state index is -1.10. The number of amides is 1. The van der Waals surface area contributed by atoms with Crippen LogP contribution >= 0.6 is 11.6 Å². The fourth-order valence-corrected chi connectivity index (χ4v) is 1.96. The Morgan fingerprint density at radius 1 is 1.47 bits per heavy atom. The van der Waals surface area contributed by atoms with Crippen molar-refractivity contribution < 1.29 is 13.6 Å². The van der Waals surface area contributed by atoms with Crippen molar-refractivity contribution in [2.75, 3.05) is 18.4 Å². The Balaban J connectivity index is 2.10. The van der Waals surface area contributed by atoms with Crippen molar-refractivity contribution in [3.63, 3.8) is 0 Å². The summed E-state index contributed by atoms with van der Waals surface area (Å²) in [5, 5.41) is 5.23. The van der Waals surface area contributed by atoms with Crippen LogP contribution in [0.5, 0.6) is 0 Å². The highest BCUT2D eigenvalue weighted by Crippen LogP contribution is 2.23. The van der Waals surface area contributed by atoms with Crippen molar-refractivity contribution in [3.05, 3.63) is 28.8 Å². The van der Waals surface area contributed by atoms with E-state index in [9.17, 15) is 13.6 Å². The highest BCUT2D eigenvalue weighted by atomic mass is 35.5. The first-order valence-corrected chi connectivity index (χ1v) is 5.62. The predicted molar refractivity (Wildman–Crippen MR) is 61.0 cm³/mol. The van der Waals surface area contributed by atoms with E-state index in [0.717, 1.165) is 19.0 Å². The van der Waals surface area contributed by atoms with Gasteiger partial charge in [0.25, 0.3) is 0 Å². The molecule has 92 valence electrons. The Bertz CT molecular complexity index is 424. The van der Waals surface area contributed by atoms with Gasteiger partial charge >= 0.3 is 0 Å². The van der Waals surface area contributed by atoms with E-state index >= 15 is 0 Å². The molecule has 17 heavy (non-hydrogen) atoms. The summed E-state index contributed by atoms with van der Waals surface area (Å²) in [6.45, 7) is 1.39. The topological polar surface area (TPSA) is 41.1 Å². The van der Waals surface area contributed by atoms with Crippen LogP contribution in [0.1, 0.15) is 6.42 Å². The zero-order valence-corrected chi connectivity index (χ0v) is 9.65. The molecular formula is C11H11ClF2N2O. The second-order valence-corrected chi connectivity index (χ2v) is 4.34. The summed E-state index contributed by atoms with van der Waals surface area (Å²) in [4.78, 5) is 11.7. The second-order valence-electron chi connectivity index (χ2n) is 3.93. The van der Waals surface area contributed by atoms with Crippen LogP contribution in [0.4, 0.5) is 14.5 Å². The number of rotatable bonds is 2. The molecule has 1 aromatic rings. The molecule has 0 spiro atoms. The largest absolute Gasteiger partial charge is 0.326 e. The van der Waals surface area contributed by atoms with Gasteiger partial charge in [0.2, 0.25) is 5.91 Å². The van der Waals surface area contributed by atoms with Gasteiger partial charge < -0.3 is 10.6 Å². The van der Waals surface area contributed by atoms with Crippen LogP contribution in [0.3, 0.4) is 0 Å². The average molecular weight is 261 g/mol. The maximum atomic E-state index is 13.0. The Kier molecular flexibility index (Phi) is 3.59. The Morgan fingerprint density at radius 3 is 2.82 bits per heavy atom. The molecule has 0 radical (unpaired) electrons. The molecule has 1 aliphatic heterocycles. The maximum Gasteiger partial charge on any atom is 0.228 e. The first-order chi connectivity index (χ1) is 8.08. The third-order valence-electron chi connectivity index (χ3n) is 2.68. The van der Waals surface area contributed by atoms with E-state index in [-0.39, 0.29) is 22.5 Å². The van der Waals surface area contributed by atoms with Crippen LogP contribution in [0.2, 0.25) is 5.02 Å². The van der Waals surface area contributed by atoms with Gasteiger partial charge in [-0.05, 0) is 19.0 Å². The van der Waals surface area contributed by atoms with Crippen molar-refractivity contribution in [1.82, 2.24) is 5.32 Å². The zero-order valence-electron chi connectivity index (χ0n) is 8.90. The van der Waals surface area contributed by atoms with E-state index in [4.69, 9.17) is 11.6 Å². The Labute approximate surface area is 102 Å². The lowest BCUT2D eigenvalue weighted by molar-refractivity contribution is -0.119. The number of hydrogen-bond acceptors (Lipinski definition) is 2. The molecule has 0 aromatic heterocycles. The van der Waals surface area contributed by atoms with E-state index in [1.807, 2.05) is 0 Å². The lowest BCUT2D eigenvalue weighted by Gasteiger charge is -2.10. The van der Waals surface area contributed by atoms with Crippen molar-refractivity contribution in [3.8, 4) is 0 Å². The third kappa shape index (κ3) is 2.73. The molecule has 0 saturated carbocycles. The molecule has 1 aliphatic rings. The maximum absolute atomic E-state index is 13.0. The van der Waals surface area contributed by atoms with Crippen LogP contribution in [0.25, 0.3) is 0 Å². The molecule has 0 bridgehead atoms. The molecular weight excluding hydrogens is 250 g/mol. The predicted octanol–water partition coefficient (Wildman–Crippen LogP) is 2.17. The molecule has 1 atom stereocenters. The zero-order chi connectivity index (χ0) is 12.4. The van der Waals surface area contributed by atoms with Crippen molar-refractivity contribution in [2.45, 2.75) is 6.42 Å². The summed E-state index contributed by atoms with van der Waals surface area (Å²) in [7, 11) is 0. The number of hydrogen-bond donors (Lipinski definition) is 2. The molecule has 0 aliphatic carbocycles. The monoisotopic (exact) mass is 260 g/mol. The Hall–Kier alpha value is -1.20. The molecule has 2 rings (SSSR count). The SMILES string of the molecule is O=C(Nc1cc(F)c(F)c(Cl)c1)[C@H]1CCNC1. The van der Waals surface area contributed by atoms with Gasteiger partial charge in [-0.25, -0.2) is 8.78 Å². The van der Waals surface area contributed by atoms with Gasteiger partial charge in [0.05, 0.1) is 10.9 Å². The molecule has 0 unspecified atom stereocenters. The summed E-state index contributed by atoms with van der Waals surface area (Å²) in [6.07, 6.45) is 0.739. The first kappa shape index (κ1) is 12.3. The second kappa shape index (κ2) is 4.98. The molecule has 6 heteroatoms. The standard InChI is InChI=1S/C11H11ClF2N2O/c12-8-3-7(4-9(13)10(8)14)16-11(17)6-1-2-15-5-6/h3-4,6,15H,1-2,5H2,(H,16,17)/t6-/m0/s1. The van der Waals surface area contributed by atoms with Crippen LogP contribution in [-0.2, 0) is 4.79 Å². The average Bonchev–Trinajstić information content (AvgIpc) is 2.79. The minimum Gasteiger partial charge on any atom is -0.326 e. The summed E-state index contributed by atoms with van der Waals surface area (Å²) in [5.41, 5.74) is 0.172. The van der Waals surface area contributed by atoms with Gasteiger partial charge in [0.15, 0.2) is 11.6 Å². The summed E-state index contributed by atoms with van der Waals surface area (Å²) >= 11 is 5.48. The van der Waals surface area contributed by atoms with Gasteiger partial charge in [0.1, 0.15) is 0 Å². The molecule has 1 amide bonds. The van der Waals surface area contributed by atoms with Gasteiger partial charge in [-0.2, -0.15) is 0 Å². The molecule has 2 N–H and O–H groups in total. The lowest BCUT2D eigenvalue weighted by Crippen LogP contribution is -2.24. The number of benzene rings is 1. The van der Waals surface area contributed by atoms with Crippen molar-refractivity contribution in [2.24, 2.45) is 5.92 Å². The lowest BCUT2D eigenvalue weighted by atomic mass is 10.1. The van der Waals surface area contributed by atoms with Gasteiger partial charge in [-0.3, -0.25) is 4.79 Å². The van der Waals surface area contributed by atoms with E-state index in [0.29, 0.717) is 6.54 Å². The number of carbonyl (C=O) groups is 1. The highest BCUT2D eigenvalue weighted by molar-refractivity contribution is 6.31. The highest BCUT2D eigenvalue weighted by Gasteiger charge is 2.22. The molecule has 1 aromatic carbocycles. The number of halogens is 3. The quantitative estimate of drug-likeness (QED) is 0.800. The van der Waals surface area contributed by atoms with Crippen LogP contribution in [0, 0.1) is 17.6 Å². The van der Waals surface area contributed by atoms with Gasteiger partial charge in [-0.15, -0.1) is 0 Å². The summed E-state index contributed by atoms with van der Waals surface area (Å²) in [6, 6.07) is 2.11. The van der Waals surface area contributed by atoms with Gasteiger partial charge in [-0.1, -0.05) is 11.6 Å². The number of carbonyl (C=O) groups excluding carboxylic acids is 1. The third-order valence-corrected chi connectivity index (χ3v) is 2.96. The molecule has 1 fully saturated rings. The van der Waals surface area contributed by atoms with E-state index in [1.165, 1.54) is 6.07 Å². The van der Waals surface area contributed by atoms with Crippen molar-refractivity contribution in [1.29, 1.82) is 0 Å². The molecule has 1 saturated heterocycles. The van der Waals surface area contributed by atoms with E-state index in [2.05, 4.69) is 10.6 Å². The van der Waals surface area contributed by atoms with E-state index < -0.39 is 11.6 Å². The normalized spacial score (nSPS) is 19.4. The number of anilines is 1. The van der Waals surface area contributed by atoms with Crippen LogP contribution < -0.4 is 10.6 Å². The minimum absolute atomic E-state index is 0.137. The van der Waals surface area contributed by atoms with Crippen LogP contribution in [-0.4, -0.2) is 19.0 Å².